The Morgan fingerprint density at radius 1 is 0.970 bits per heavy atom. The van der Waals surface area contributed by atoms with Crippen molar-refractivity contribution >= 4 is 22.6 Å². The molecule has 10 heteroatoms. The summed E-state index contributed by atoms with van der Waals surface area (Å²) in [4.78, 5) is 40.8. The minimum Gasteiger partial charge on any atom is -0.302 e. The van der Waals surface area contributed by atoms with E-state index in [1.807, 2.05) is 41.8 Å². The number of aromatic nitrogens is 5. The van der Waals surface area contributed by atoms with Crippen LogP contribution in [0, 0.1) is 10.1 Å². The molecule has 0 spiro atoms. The summed E-state index contributed by atoms with van der Waals surface area (Å²) < 4.78 is 6.07. The maximum atomic E-state index is 13.0. The number of non-ortho nitro benzene ring substituents is 1. The first-order valence-corrected chi connectivity index (χ1v) is 10.3. The first-order chi connectivity index (χ1) is 15.8. The normalized spacial score (nSPS) is 12.5. The van der Waals surface area contributed by atoms with E-state index in [9.17, 15) is 19.7 Å². The molecule has 3 aromatic heterocycles. The van der Waals surface area contributed by atoms with Gasteiger partial charge in [-0.2, -0.15) is 4.98 Å². The predicted octanol–water partition coefficient (Wildman–Crippen LogP) is 2.87. The van der Waals surface area contributed by atoms with E-state index in [1.54, 1.807) is 29.8 Å². The topological polar surface area (TPSA) is 109 Å². The highest BCUT2D eigenvalue weighted by atomic mass is 16.6. The van der Waals surface area contributed by atoms with E-state index in [1.165, 1.54) is 23.7 Å². The molecule has 3 heterocycles. The van der Waals surface area contributed by atoms with Crippen molar-refractivity contribution in [1.82, 2.24) is 23.1 Å². The lowest BCUT2D eigenvalue weighted by Gasteiger charge is -2.17. The van der Waals surface area contributed by atoms with Crippen molar-refractivity contribution in [3.63, 3.8) is 0 Å². The summed E-state index contributed by atoms with van der Waals surface area (Å²) in [7, 11) is 3.02. The molecule has 33 heavy (non-hydrogen) atoms. The molecule has 10 nitrogen and oxygen atoms in total. The first-order valence-electron chi connectivity index (χ1n) is 10.3. The fourth-order valence-corrected chi connectivity index (χ4v) is 4.22. The van der Waals surface area contributed by atoms with Gasteiger partial charge in [0.15, 0.2) is 11.2 Å². The molecular formula is C23H20N6O4. The van der Waals surface area contributed by atoms with Gasteiger partial charge in [-0.05, 0) is 24.6 Å². The number of fused-ring (bicyclic) bond motifs is 3. The van der Waals surface area contributed by atoms with Crippen LogP contribution in [-0.4, -0.2) is 28.0 Å². The van der Waals surface area contributed by atoms with E-state index < -0.39 is 16.2 Å². The Morgan fingerprint density at radius 3 is 2.27 bits per heavy atom. The van der Waals surface area contributed by atoms with Crippen LogP contribution in [0.2, 0.25) is 0 Å². The number of nitro groups is 1. The summed E-state index contributed by atoms with van der Waals surface area (Å²) in [5.41, 5.74) is 2.18. The van der Waals surface area contributed by atoms with Gasteiger partial charge in [-0.3, -0.25) is 28.4 Å². The fraction of sp³-hybridized carbons (Fsp3) is 0.174. The number of nitrogens with zero attached hydrogens (tertiary/aromatic N) is 6. The standard InChI is InChI=1S/C23H20N6O4/c1-14(15-7-5-4-6-8-15)28-18(16-9-11-17(12-10-16)29(32)33)13-27-19-20(24-22(27)28)25(2)23(31)26(3)21(19)30/h4-14H,1-3H3. The summed E-state index contributed by atoms with van der Waals surface area (Å²) in [6.07, 6.45) is 1.79. The molecule has 0 fully saturated rings. The molecule has 0 amide bonds. The lowest BCUT2D eigenvalue weighted by Crippen LogP contribution is -2.37. The Bertz CT molecular complexity index is 1660. The van der Waals surface area contributed by atoms with Crippen LogP contribution < -0.4 is 11.2 Å². The number of aryl methyl sites for hydroxylation is 1. The van der Waals surface area contributed by atoms with Crippen LogP contribution in [0.1, 0.15) is 18.5 Å². The van der Waals surface area contributed by atoms with Gasteiger partial charge in [0.05, 0.1) is 16.7 Å². The maximum absolute atomic E-state index is 13.0. The molecule has 166 valence electrons. The van der Waals surface area contributed by atoms with Crippen LogP contribution in [0.15, 0.2) is 70.4 Å². The molecule has 0 aliphatic heterocycles. The number of hydrogen-bond acceptors (Lipinski definition) is 5. The second kappa shape index (κ2) is 7.30. The second-order valence-corrected chi connectivity index (χ2v) is 7.93. The van der Waals surface area contributed by atoms with Gasteiger partial charge in [0.1, 0.15) is 0 Å². The fourth-order valence-electron chi connectivity index (χ4n) is 4.22. The van der Waals surface area contributed by atoms with Crippen LogP contribution in [-0.2, 0) is 14.1 Å². The zero-order valence-electron chi connectivity index (χ0n) is 18.2. The summed E-state index contributed by atoms with van der Waals surface area (Å²) in [5.74, 6) is 0.494. The third-order valence-electron chi connectivity index (χ3n) is 6.04. The van der Waals surface area contributed by atoms with Crippen molar-refractivity contribution < 1.29 is 4.92 Å². The molecule has 0 radical (unpaired) electrons. The van der Waals surface area contributed by atoms with E-state index in [2.05, 4.69) is 4.98 Å². The molecule has 1 unspecified atom stereocenters. The monoisotopic (exact) mass is 444 g/mol. The van der Waals surface area contributed by atoms with Crippen LogP contribution in [0.5, 0.6) is 0 Å². The molecule has 0 aliphatic carbocycles. The Morgan fingerprint density at radius 2 is 1.64 bits per heavy atom. The van der Waals surface area contributed by atoms with Gasteiger partial charge in [-0.1, -0.05) is 30.3 Å². The van der Waals surface area contributed by atoms with E-state index in [0.29, 0.717) is 11.4 Å². The molecule has 0 saturated carbocycles. The zero-order valence-corrected chi connectivity index (χ0v) is 18.2. The first kappa shape index (κ1) is 20.4. The minimum absolute atomic E-state index is 0.00735. The van der Waals surface area contributed by atoms with E-state index in [4.69, 9.17) is 0 Å². The van der Waals surface area contributed by atoms with Crippen LogP contribution in [0.4, 0.5) is 5.69 Å². The predicted molar refractivity (Wildman–Crippen MR) is 124 cm³/mol. The van der Waals surface area contributed by atoms with Crippen molar-refractivity contribution in [3.8, 4) is 11.3 Å². The van der Waals surface area contributed by atoms with Crippen molar-refractivity contribution in [1.29, 1.82) is 0 Å². The van der Waals surface area contributed by atoms with Crippen molar-refractivity contribution in [2.24, 2.45) is 14.1 Å². The highest BCUT2D eigenvalue weighted by Crippen LogP contribution is 2.32. The highest BCUT2D eigenvalue weighted by Gasteiger charge is 2.24. The maximum Gasteiger partial charge on any atom is 0.332 e. The largest absolute Gasteiger partial charge is 0.332 e. The number of imidazole rings is 2. The summed E-state index contributed by atoms with van der Waals surface area (Å²) in [6, 6.07) is 15.9. The van der Waals surface area contributed by atoms with Crippen molar-refractivity contribution in [3.05, 3.63) is 97.3 Å². The summed E-state index contributed by atoms with van der Waals surface area (Å²) >= 11 is 0. The molecular weight excluding hydrogens is 424 g/mol. The van der Waals surface area contributed by atoms with Crippen LogP contribution in [0.3, 0.4) is 0 Å². The summed E-state index contributed by atoms with van der Waals surface area (Å²) in [5, 5.41) is 11.1. The molecule has 0 N–H and O–H groups in total. The third-order valence-corrected chi connectivity index (χ3v) is 6.04. The quantitative estimate of drug-likeness (QED) is 0.313. The van der Waals surface area contributed by atoms with Gasteiger partial charge < -0.3 is 4.57 Å². The van der Waals surface area contributed by atoms with E-state index in [0.717, 1.165) is 21.4 Å². The average Bonchev–Trinajstić information content (AvgIpc) is 3.38. The second-order valence-electron chi connectivity index (χ2n) is 7.93. The minimum atomic E-state index is -0.452. The molecule has 2 aromatic carbocycles. The molecule has 0 bridgehead atoms. The third kappa shape index (κ3) is 2.99. The lowest BCUT2D eigenvalue weighted by molar-refractivity contribution is -0.384. The van der Waals surface area contributed by atoms with Gasteiger partial charge in [-0.15, -0.1) is 0 Å². The van der Waals surface area contributed by atoms with Crippen molar-refractivity contribution in [2.75, 3.05) is 0 Å². The van der Waals surface area contributed by atoms with Gasteiger partial charge in [-0.25, -0.2) is 4.79 Å². The van der Waals surface area contributed by atoms with Crippen LogP contribution in [0.25, 0.3) is 28.2 Å². The van der Waals surface area contributed by atoms with E-state index in [-0.39, 0.29) is 17.2 Å². The van der Waals surface area contributed by atoms with Gasteiger partial charge >= 0.3 is 5.69 Å². The molecule has 0 aliphatic rings. The Hall–Kier alpha value is -4.47. The molecule has 5 aromatic rings. The molecule has 1 atom stereocenters. The average molecular weight is 444 g/mol. The molecule has 0 saturated heterocycles. The Labute approximate surface area is 186 Å². The lowest BCUT2D eigenvalue weighted by atomic mass is 10.1. The van der Waals surface area contributed by atoms with Crippen LogP contribution >= 0.6 is 0 Å². The van der Waals surface area contributed by atoms with Gasteiger partial charge in [0.25, 0.3) is 11.2 Å². The summed E-state index contributed by atoms with van der Waals surface area (Å²) in [6.45, 7) is 2.01. The van der Waals surface area contributed by atoms with Crippen molar-refractivity contribution in [2.45, 2.75) is 13.0 Å². The number of benzene rings is 2. The zero-order chi connectivity index (χ0) is 23.4. The highest BCUT2D eigenvalue weighted by molar-refractivity contribution is 5.78. The molecule has 5 rings (SSSR count). The van der Waals surface area contributed by atoms with Gasteiger partial charge in [0.2, 0.25) is 5.78 Å². The van der Waals surface area contributed by atoms with Gasteiger partial charge in [0, 0.05) is 38.0 Å². The SMILES string of the molecule is CC(c1ccccc1)n1c(-c2ccc([N+](=O)[O-])cc2)cn2c3c(=O)n(C)c(=O)n(C)c3nc12. The Kier molecular flexibility index (Phi) is 4.52. The smallest absolute Gasteiger partial charge is 0.302 e. The number of hydrogen-bond donors (Lipinski definition) is 0. The number of rotatable bonds is 4. The number of nitro benzene ring substituents is 1. The van der Waals surface area contributed by atoms with E-state index >= 15 is 0 Å². The Balaban J connectivity index is 1.87.